The summed E-state index contributed by atoms with van der Waals surface area (Å²) >= 11 is 1.57. The molecule has 1 aliphatic rings. The number of hydrogen-bond donors (Lipinski definition) is 1. The van der Waals surface area contributed by atoms with Gasteiger partial charge in [-0.1, -0.05) is 18.6 Å². The molecule has 4 rings (SSSR count). The molecule has 1 aromatic carbocycles. The van der Waals surface area contributed by atoms with Crippen molar-refractivity contribution in [3.05, 3.63) is 51.7 Å². The van der Waals surface area contributed by atoms with Crippen molar-refractivity contribution in [2.24, 2.45) is 0 Å². The maximum absolute atomic E-state index is 12.4. The fourth-order valence-electron chi connectivity index (χ4n) is 3.39. The minimum absolute atomic E-state index is 0.175. The first-order chi connectivity index (χ1) is 13.6. The van der Waals surface area contributed by atoms with Crippen molar-refractivity contribution in [2.45, 2.75) is 46.1 Å². The number of aryl methyl sites for hydroxylation is 3. The molecule has 0 saturated carbocycles. The third-order valence-electron chi connectivity index (χ3n) is 4.91. The molecule has 0 fully saturated rings. The van der Waals surface area contributed by atoms with E-state index in [2.05, 4.69) is 25.1 Å². The molecule has 2 aromatic heterocycles. The molecule has 0 unspecified atom stereocenters. The van der Waals surface area contributed by atoms with E-state index < -0.39 is 0 Å². The highest BCUT2D eigenvalue weighted by Gasteiger charge is 2.16. The van der Waals surface area contributed by atoms with E-state index in [0.29, 0.717) is 0 Å². The topological polar surface area (TPSA) is 72.7 Å². The Morgan fingerprint density at radius 2 is 2.11 bits per heavy atom. The van der Waals surface area contributed by atoms with Crippen LogP contribution in [0.2, 0.25) is 0 Å². The lowest BCUT2D eigenvalue weighted by Crippen LogP contribution is -2.09. The molecule has 0 radical (unpaired) electrons. The average molecular weight is 394 g/mol. The summed E-state index contributed by atoms with van der Waals surface area (Å²) in [6.45, 7) is 4.88. The molecule has 3 aromatic rings. The van der Waals surface area contributed by atoms with Gasteiger partial charge in [0, 0.05) is 35.7 Å². The van der Waals surface area contributed by atoms with Gasteiger partial charge in [0.2, 0.25) is 5.91 Å². The summed E-state index contributed by atoms with van der Waals surface area (Å²) in [5, 5.41) is 14.7. The third kappa shape index (κ3) is 4.04. The highest BCUT2D eigenvalue weighted by atomic mass is 32.1. The number of carbonyl (C=O) groups is 1. The van der Waals surface area contributed by atoms with Gasteiger partial charge in [0.1, 0.15) is 5.82 Å². The lowest BCUT2D eigenvalue weighted by atomic mass is 10.1. The van der Waals surface area contributed by atoms with Crippen molar-refractivity contribution in [3.63, 3.8) is 0 Å². The van der Waals surface area contributed by atoms with E-state index in [1.165, 1.54) is 12.5 Å². The average Bonchev–Trinajstić information content (AvgIpc) is 3.21. The smallest absolute Gasteiger partial charge is 0.248 e. The van der Waals surface area contributed by atoms with E-state index in [1.807, 2.05) is 37.4 Å². The normalized spacial score (nSPS) is 14.1. The summed E-state index contributed by atoms with van der Waals surface area (Å²) in [5.74, 6) is 1.76. The number of carbonyl (C=O) groups excluding carboxylic acids is 1. The van der Waals surface area contributed by atoms with Crippen molar-refractivity contribution in [1.82, 2.24) is 19.7 Å². The Morgan fingerprint density at radius 1 is 1.21 bits per heavy atom. The molecule has 3 heterocycles. The number of nitrogens with one attached hydrogen (secondary N) is 1. The Bertz CT molecular complexity index is 1030. The first-order valence-electron chi connectivity index (χ1n) is 9.54. The van der Waals surface area contributed by atoms with Crippen LogP contribution in [0, 0.1) is 13.8 Å². The Hall–Kier alpha value is -2.80. The number of anilines is 1. The highest BCUT2D eigenvalue weighted by Crippen LogP contribution is 2.27. The number of rotatable bonds is 4. The first kappa shape index (κ1) is 18.6. The predicted octanol–water partition coefficient (Wildman–Crippen LogP) is 4.40. The summed E-state index contributed by atoms with van der Waals surface area (Å²) in [5.41, 5.74) is 3.56. The van der Waals surface area contributed by atoms with E-state index in [4.69, 9.17) is 0 Å². The molecule has 0 bridgehead atoms. The van der Waals surface area contributed by atoms with Gasteiger partial charge in [0.05, 0.1) is 10.7 Å². The van der Waals surface area contributed by atoms with Crippen molar-refractivity contribution < 1.29 is 4.79 Å². The molecule has 0 spiro atoms. The molecular weight excluding hydrogens is 370 g/mol. The standard InChI is InChI=1S/C21H23N5OS/c1-14-7-8-16(21-25-24-19-6-4-3-5-11-26(19)21)12-18(14)23-20(27)10-9-17-13-28-15(2)22-17/h7-10,12-13H,3-6,11H2,1-2H3,(H,23,27)/b10-9+. The quantitative estimate of drug-likeness (QED) is 0.667. The number of thiazole rings is 1. The van der Waals surface area contributed by atoms with Crippen molar-refractivity contribution in [1.29, 1.82) is 0 Å². The van der Waals surface area contributed by atoms with Gasteiger partial charge in [-0.15, -0.1) is 21.5 Å². The lowest BCUT2D eigenvalue weighted by Gasteiger charge is -2.11. The van der Waals surface area contributed by atoms with Crippen LogP contribution in [0.15, 0.2) is 29.7 Å². The van der Waals surface area contributed by atoms with Crippen LogP contribution in [0.25, 0.3) is 17.5 Å². The molecular formula is C21H23N5OS. The summed E-state index contributed by atoms with van der Waals surface area (Å²) in [6.07, 6.45) is 7.76. The Kier molecular flexibility index (Phi) is 5.34. The van der Waals surface area contributed by atoms with Crippen LogP contribution in [0.4, 0.5) is 5.69 Å². The fourth-order valence-corrected chi connectivity index (χ4v) is 3.97. The summed E-state index contributed by atoms with van der Waals surface area (Å²) in [6, 6.07) is 6.04. The molecule has 6 nitrogen and oxygen atoms in total. The first-order valence-corrected chi connectivity index (χ1v) is 10.4. The van der Waals surface area contributed by atoms with Gasteiger partial charge in [-0.05, 0) is 44.4 Å². The SMILES string of the molecule is Cc1nc(/C=C/C(=O)Nc2cc(-c3nnc4n3CCCCC4)ccc2C)cs1. The van der Waals surface area contributed by atoms with E-state index in [9.17, 15) is 4.79 Å². The minimum Gasteiger partial charge on any atom is -0.322 e. The summed E-state index contributed by atoms with van der Waals surface area (Å²) < 4.78 is 2.22. The summed E-state index contributed by atoms with van der Waals surface area (Å²) in [4.78, 5) is 16.7. The van der Waals surface area contributed by atoms with Crippen molar-refractivity contribution >= 4 is 29.0 Å². The molecule has 28 heavy (non-hydrogen) atoms. The van der Waals surface area contributed by atoms with Gasteiger partial charge in [-0.2, -0.15) is 0 Å². The lowest BCUT2D eigenvalue weighted by molar-refractivity contribution is -0.111. The number of hydrogen-bond acceptors (Lipinski definition) is 5. The monoisotopic (exact) mass is 393 g/mol. The predicted molar refractivity (Wildman–Crippen MR) is 112 cm³/mol. The Morgan fingerprint density at radius 3 is 2.93 bits per heavy atom. The second-order valence-electron chi connectivity index (χ2n) is 7.05. The van der Waals surface area contributed by atoms with Crippen molar-refractivity contribution in [2.75, 3.05) is 5.32 Å². The minimum atomic E-state index is -0.175. The molecule has 0 aliphatic carbocycles. The van der Waals surface area contributed by atoms with Gasteiger partial charge < -0.3 is 9.88 Å². The zero-order valence-corrected chi connectivity index (χ0v) is 16.9. The van der Waals surface area contributed by atoms with E-state index in [1.54, 1.807) is 17.4 Å². The van der Waals surface area contributed by atoms with Gasteiger partial charge >= 0.3 is 0 Å². The maximum Gasteiger partial charge on any atom is 0.248 e. The summed E-state index contributed by atoms with van der Waals surface area (Å²) in [7, 11) is 0. The molecule has 144 valence electrons. The zero-order chi connectivity index (χ0) is 19.5. The number of benzene rings is 1. The van der Waals surface area contributed by atoms with E-state index in [0.717, 1.165) is 65.0 Å². The van der Waals surface area contributed by atoms with Crippen molar-refractivity contribution in [3.8, 4) is 11.4 Å². The largest absolute Gasteiger partial charge is 0.322 e. The van der Waals surface area contributed by atoms with E-state index >= 15 is 0 Å². The number of nitrogens with zero attached hydrogens (tertiary/aromatic N) is 4. The highest BCUT2D eigenvalue weighted by molar-refractivity contribution is 7.09. The van der Waals surface area contributed by atoms with Crippen LogP contribution in [-0.2, 0) is 17.8 Å². The molecule has 7 heteroatoms. The number of amides is 1. The van der Waals surface area contributed by atoms with Crippen LogP contribution < -0.4 is 5.32 Å². The van der Waals surface area contributed by atoms with Crippen LogP contribution >= 0.6 is 11.3 Å². The van der Waals surface area contributed by atoms with Crippen LogP contribution in [0.1, 0.15) is 41.4 Å². The van der Waals surface area contributed by atoms with Gasteiger partial charge in [0.15, 0.2) is 5.82 Å². The molecule has 1 N–H and O–H groups in total. The second-order valence-corrected chi connectivity index (χ2v) is 8.11. The third-order valence-corrected chi connectivity index (χ3v) is 5.70. The van der Waals surface area contributed by atoms with Gasteiger partial charge in [-0.25, -0.2) is 4.98 Å². The zero-order valence-electron chi connectivity index (χ0n) is 16.1. The molecule has 1 amide bonds. The van der Waals surface area contributed by atoms with Crippen LogP contribution in [-0.4, -0.2) is 25.7 Å². The second kappa shape index (κ2) is 8.06. The molecule has 1 aliphatic heterocycles. The van der Waals surface area contributed by atoms with Gasteiger partial charge in [0.25, 0.3) is 0 Å². The number of aromatic nitrogens is 4. The van der Waals surface area contributed by atoms with E-state index in [-0.39, 0.29) is 5.91 Å². The van der Waals surface area contributed by atoms with Gasteiger partial charge in [-0.3, -0.25) is 4.79 Å². The Labute approximate surface area is 168 Å². The van der Waals surface area contributed by atoms with Crippen LogP contribution in [0.5, 0.6) is 0 Å². The molecule has 0 saturated heterocycles. The maximum atomic E-state index is 12.4. The van der Waals surface area contributed by atoms with Crippen LogP contribution in [0.3, 0.4) is 0 Å². The number of fused-ring (bicyclic) bond motifs is 1. The molecule has 0 atom stereocenters. The fraction of sp³-hybridized carbons (Fsp3) is 0.333. The Balaban J connectivity index is 1.55.